The first-order valence-corrected chi connectivity index (χ1v) is 14.1. The predicted molar refractivity (Wildman–Crippen MR) is 161 cm³/mol. The molecule has 0 aliphatic heterocycles. The van der Waals surface area contributed by atoms with Gasteiger partial charge < -0.3 is 40.1 Å². The van der Waals surface area contributed by atoms with Crippen LogP contribution in [0.5, 0.6) is 11.5 Å². The van der Waals surface area contributed by atoms with Crippen LogP contribution in [-0.4, -0.2) is 146 Å². The lowest BCUT2D eigenvalue weighted by atomic mass is 10.1. The van der Waals surface area contributed by atoms with Crippen molar-refractivity contribution in [1.29, 1.82) is 0 Å². The van der Waals surface area contributed by atoms with Crippen molar-refractivity contribution in [3.05, 3.63) is 59.2 Å². The van der Waals surface area contributed by atoms with Crippen LogP contribution in [0, 0.1) is 6.92 Å². The van der Waals surface area contributed by atoms with Crippen molar-refractivity contribution in [2.75, 3.05) is 59.0 Å². The summed E-state index contributed by atoms with van der Waals surface area (Å²) in [6.45, 7) is -2.75. The molecule has 256 valence electrons. The summed E-state index contributed by atoms with van der Waals surface area (Å²) < 4.78 is 11.5. The molecule has 6 N–H and O–H groups in total. The minimum Gasteiger partial charge on any atom is -0.491 e. The van der Waals surface area contributed by atoms with E-state index in [-0.39, 0.29) is 43.3 Å². The second-order valence-corrected chi connectivity index (χ2v) is 10.5. The lowest BCUT2D eigenvalue weighted by Crippen LogP contribution is -2.52. The van der Waals surface area contributed by atoms with E-state index in [0.29, 0.717) is 0 Å². The van der Waals surface area contributed by atoms with E-state index in [1.807, 2.05) is 31.2 Å². The third-order valence-corrected chi connectivity index (χ3v) is 6.61. The van der Waals surface area contributed by atoms with Gasteiger partial charge in [-0.1, -0.05) is 29.8 Å². The topological polar surface area (TPSA) is 252 Å². The first-order chi connectivity index (χ1) is 22.1. The summed E-state index contributed by atoms with van der Waals surface area (Å²) in [7, 11) is 0. The smallest absolute Gasteiger partial charge is 0.339 e. The van der Waals surface area contributed by atoms with Gasteiger partial charge in [-0.2, -0.15) is 0 Å². The highest BCUT2D eigenvalue weighted by Gasteiger charge is 2.28. The Morgan fingerprint density at radius 1 is 0.660 bits per heavy atom. The van der Waals surface area contributed by atoms with Gasteiger partial charge in [-0.3, -0.25) is 38.7 Å². The zero-order valence-corrected chi connectivity index (χ0v) is 25.5. The normalized spacial score (nSPS) is 11.7. The van der Waals surface area contributed by atoms with Gasteiger partial charge in [0.15, 0.2) is 0 Å². The average Bonchev–Trinajstić information content (AvgIpc) is 2.96. The Morgan fingerprint density at radius 3 is 1.68 bits per heavy atom. The van der Waals surface area contributed by atoms with E-state index < -0.39 is 81.2 Å². The van der Waals surface area contributed by atoms with Crippen molar-refractivity contribution < 1.29 is 68.9 Å². The standard InChI is InChI=1S/C30H37N3O14/c1-19-2-4-20(5-3-19)17-46-22-6-7-24(23(10-22)30(44)45)47-18-21(33(15-28(40)41)16-29(42)43)11-31(12-25(34)35)8-9-32(13-26(36)37)14-27(38)39/h2-7,10,21H,8-9,11-18H2,1H3,(H,34,35)(H,36,37)(H,38,39)(H,40,41)(H,42,43)(H,44,45). The largest absolute Gasteiger partial charge is 0.491 e. The van der Waals surface area contributed by atoms with Crippen molar-refractivity contribution in [3.8, 4) is 11.5 Å². The second kappa shape index (κ2) is 18.6. The van der Waals surface area contributed by atoms with Crippen molar-refractivity contribution in [3.63, 3.8) is 0 Å². The molecule has 2 rings (SSSR count). The van der Waals surface area contributed by atoms with Gasteiger partial charge in [0.1, 0.15) is 30.3 Å². The Bertz CT molecular complexity index is 1380. The number of hydrogen-bond donors (Lipinski definition) is 6. The Labute approximate surface area is 268 Å². The fourth-order valence-electron chi connectivity index (χ4n) is 4.47. The Morgan fingerprint density at radius 2 is 1.17 bits per heavy atom. The highest BCUT2D eigenvalue weighted by Crippen LogP contribution is 2.26. The molecule has 0 bridgehead atoms. The van der Waals surface area contributed by atoms with Crippen LogP contribution in [0.3, 0.4) is 0 Å². The van der Waals surface area contributed by atoms with Crippen molar-refractivity contribution in [2.24, 2.45) is 0 Å². The molecule has 0 aliphatic carbocycles. The lowest BCUT2D eigenvalue weighted by molar-refractivity contribution is -0.144. The summed E-state index contributed by atoms with van der Waals surface area (Å²) in [5.41, 5.74) is 1.58. The molecule has 2 aromatic carbocycles. The van der Waals surface area contributed by atoms with Gasteiger partial charge in [0.2, 0.25) is 0 Å². The molecular weight excluding hydrogens is 626 g/mol. The summed E-state index contributed by atoms with van der Waals surface area (Å²) >= 11 is 0. The van der Waals surface area contributed by atoms with Crippen LogP contribution in [0.4, 0.5) is 0 Å². The first kappa shape index (κ1) is 37.9. The summed E-state index contributed by atoms with van der Waals surface area (Å²) in [5.74, 6) is -8.11. The number of nitrogens with zero attached hydrogens (tertiary/aromatic N) is 3. The highest BCUT2D eigenvalue weighted by atomic mass is 16.5. The Balaban J connectivity index is 2.33. The third-order valence-electron chi connectivity index (χ3n) is 6.61. The summed E-state index contributed by atoms with van der Waals surface area (Å²) in [5, 5.41) is 56.5. The molecule has 0 saturated carbocycles. The van der Waals surface area contributed by atoms with Gasteiger partial charge in [-0.05, 0) is 30.7 Å². The number of benzene rings is 2. The monoisotopic (exact) mass is 663 g/mol. The van der Waals surface area contributed by atoms with Crippen molar-refractivity contribution in [1.82, 2.24) is 14.7 Å². The molecule has 0 radical (unpaired) electrons. The number of rotatable bonds is 23. The number of aliphatic carboxylic acids is 5. The minimum atomic E-state index is -1.41. The number of carboxylic acid groups (broad SMARTS) is 6. The number of ether oxygens (including phenoxy) is 2. The van der Waals surface area contributed by atoms with Gasteiger partial charge in [0.05, 0.1) is 38.8 Å². The first-order valence-electron chi connectivity index (χ1n) is 14.1. The molecule has 17 heteroatoms. The predicted octanol–water partition coefficient (Wildman–Crippen LogP) is 0.349. The van der Waals surface area contributed by atoms with Crippen molar-refractivity contribution in [2.45, 2.75) is 19.6 Å². The summed E-state index contributed by atoms with van der Waals surface area (Å²) in [4.78, 5) is 72.6. The van der Waals surface area contributed by atoms with E-state index in [4.69, 9.17) is 19.7 Å². The molecule has 0 aliphatic rings. The van der Waals surface area contributed by atoms with Crippen LogP contribution in [0.25, 0.3) is 0 Å². The molecule has 1 atom stereocenters. The molecule has 17 nitrogen and oxygen atoms in total. The fraction of sp³-hybridized carbons (Fsp3) is 0.400. The van der Waals surface area contributed by atoms with E-state index in [0.717, 1.165) is 20.9 Å². The van der Waals surface area contributed by atoms with E-state index >= 15 is 0 Å². The van der Waals surface area contributed by atoms with E-state index in [1.54, 1.807) is 0 Å². The van der Waals surface area contributed by atoms with Gasteiger partial charge >= 0.3 is 35.8 Å². The summed E-state index contributed by atoms with van der Waals surface area (Å²) in [6.07, 6.45) is 0. The maximum atomic E-state index is 12.1. The van der Waals surface area contributed by atoms with Crippen molar-refractivity contribution >= 4 is 35.8 Å². The van der Waals surface area contributed by atoms with Gasteiger partial charge in [0, 0.05) is 19.6 Å². The van der Waals surface area contributed by atoms with Crippen LogP contribution in [0.2, 0.25) is 0 Å². The molecule has 47 heavy (non-hydrogen) atoms. The molecule has 0 saturated heterocycles. The maximum Gasteiger partial charge on any atom is 0.339 e. The number of carbonyl (C=O) groups is 6. The number of aryl methyl sites for hydroxylation is 1. The average molecular weight is 664 g/mol. The van der Waals surface area contributed by atoms with E-state index in [9.17, 15) is 49.2 Å². The molecule has 1 unspecified atom stereocenters. The number of hydrogen-bond acceptors (Lipinski definition) is 11. The Hall–Kier alpha value is -5.26. The number of carboxylic acids is 6. The molecule has 2 aromatic rings. The molecule has 0 aromatic heterocycles. The molecule has 0 fully saturated rings. The lowest BCUT2D eigenvalue weighted by Gasteiger charge is -2.34. The summed E-state index contributed by atoms with van der Waals surface area (Å²) in [6, 6.07) is 10.3. The fourth-order valence-corrected chi connectivity index (χ4v) is 4.47. The second-order valence-electron chi connectivity index (χ2n) is 10.5. The van der Waals surface area contributed by atoms with Gasteiger partial charge in [-0.15, -0.1) is 0 Å². The number of aromatic carboxylic acids is 1. The van der Waals surface area contributed by atoms with E-state index in [1.165, 1.54) is 23.1 Å². The van der Waals surface area contributed by atoms with Crippen LogP contribution >= 0.6 is 0 Å². The van der Waals surface area contributed by atoms with Gasteiger partial charge in [0.25, 0.3) is 0 Å². The Kier molecular flexibility index (Phi) is 15.0. The van der Waals surface area contributed by atoms with Crippen LogP contribution in [-0.2, 0) is 30.6 Å². The van der Waals surface area contributed by atoms with Gasteiger partial charge in [-0.25, -0.2) is 4.79 Å². The van der Waals surface area contributed by atoms with Crippen LogP contribution in [0.15, 0.2) is 42.5 Å². The minimum absolute atomic E-state index is 0.150. The molecule has 0 spiro atoms. The zero-order chi connectivity index (χ0) is 35.1. The van der Waals surface area contributed by atoms with E-state index in [2.05, 4.69) is 0 Å². The highest BCUT2D eigenvalue weighted by molar-refractivity contribution is 5.91. The molecular formula is C30H37N3O14. The van der Waals surface area contributed by atoms with Crippen LogP contribution < -0.4 is 9.47 Å². The SMILES string of the molecule is Cc1ccc(COc2ccc(OCC(CN(CCN(CC(=O)O)CC(=O)O)CC(=O)O)N(CC(=O)O)CC(=O)O)c(C(=O)O)c2)cc1. The molecule has 0 amide bonds. The molecule has 0 heterocycles. The third kappa shape index (κ3) is 14.6. The van der Waals surface area contributed by atoms with Crippen LogP contribution in [0.1, 0.15) is 21.5 Å². The zero-order valence-electron chi connectivity index (χ0n) is 25.5. The quantitative estimate of drug-likeness (QED) is 0.0938. The maximum absolute atomic E-state index is 12.1.